The molecule has 1 fully saturated rings. The first-order chi connectivity index (χ1) is 9.33. The number of rotatable bonds is 3. The smallest absolute Gasteiger partial charge is 0.127 e. The van der Waals surface area contributed by atoms with Gasteiger partial charge in [-0.1, -0.05) is 30.3 Å². The molecule has 2 N–H and O–H groups in total. The zero-order valence-electron chi connectivity index (χ0n) is 11.0. The van der Waals surface area contributed by atoms with Crippen molar-refractivity contribution in [3.8, 4) is 16.9 Å². The number of benzene rings is 2. The van der Waals surface area contributed by atoms with Crippen LogP contribution in [0.3, 0.4) is 0 Å². The molecule has 0 bridgehead atoms. The lowest BCUT2D eigenvalue weighted by atomic mass is 10.0. The third-order valence-electron chi connectivity index (χ3n) is 3.68. The average molecular weight is 253 g/mol. The highest BCUT2D eigenvalue weighted by molar-refractivity contribution is 5.73. The maximum atomic E-state index is 6.16. The molecule has 0 spiro atoms. The third kappa shape index (κ3) is 2.73. The molecule has 0 radical (unpaired) electrons. The summed E-state index contributed by atoms with van der Waals surface area (Å²) in [6.45, 7) is 0. The Bertz CT molecular complexity index is 544. The lowest BCUT2D eigenvalue weighted by Crippen LogP contribution is -2.11. The van der Waals surface area contributed by atoms with Crippen molar-refractivity contribution in [2.24, 2.45) is 0 Å². The van der Waals surface area contributed by atoms with Gasteiger partial charge in [-0.25, -0.2) is 0 Å². The Morgan fingerprint density at radius 1 is 0.947 bits per heavy atom. The largest absolute Gasteiger partial charge is 0.490 e. The molecule has 2 heteroatoms. The summed E-state index contributed by atoms with van der Waals surface area (Å²) >= 11 is 0. The van der Waals surface area contributed by atoms with Crippen molar-refractivity contribution in [1.29, 1.82) is 0 Å². The molecule has 0 amide bonds. The summed E-state index contributed by atoms with van der Waals surface area (Å²) in [5, 5.41) is 0. The van der Waals surface area contributed by atoms with Gasteiger partial charge in [-0.3, -0.25) is 0 Å². The monoisotopic (exact) mass is 253 g/mol. The lowest BCUT2D eigenvalue weighted by Gasteiger charge is -2.17. The molecule has 1 aliphatic carbocycles. The van der Waals surface area contributed by atoms with Crippen LogP contribution < -0.4 is 10.5 Å². The van der Waals surface area contributed by atoms with Crippen LogP contribution in [0.2, 0.25) is 0 Å². The molecule has 0 aromatic heterocycles. The van der Waals surface area contributed by atoms with Crippen LogP contribution >= 0.6 is 0 Å². The van der Waals surface area contributed by atoms with Crippen molar-refractivity contribution in [2.75, 3.05) is 5.73 Å². The van der Waals surface area contributed by atoms with Crippen LogP contribution in [0.25, 0.3) is 11.1 Å². The normalized spacial score (nSPS) is 15.6. The van der Waals surface area contributed by atoms with Gasteiger partial charge in [0.15, 0.2) is 0 Å². The lowest BCUT2D eigenvalue weighted by molar-refractivity contribution is 0.211. The summed E-state index contributed by atoms with van der Waals surface area (Å²) in [5.41, 5.74) is 8.94. The van der Waals surface area contributed by atoms with E-state index in [-0.39, 0.29) is 0 Å². The quantitative estimate of drug-likeness (QED) is 0.830. The Labute approximate surface area is 114 Å². The van der Waals surface area contributed by atoms with Crippen LogP contribution in [0, 0.1) is 0 Å². The van der Waals surface area contributed by atoms with E-state index in [1.165, 1.54) is 25.7 Å². The standard InChI is InChI=1S/C17H19NO/c18-14-10-11-17(19-15-8-4-5-9-15)16(12-14)13-6-2-1-3-7-13/h1-3,6-7,10-12,15H,4-5,8-9,18H2. The Morgan fingerprint density at radius 3 is 2.42 bits per heavy atom. The van der Waals surface area contributed by atoms with Crippen molar-refractivity contribution < 1.29 is 4.74 Å². The summed E-state index contributed by atoms with van der Waals surface area (Å²) in [6, 6.07) is 16.2. The fourth-order valence-corrected chi connectivity index (χ4v) is 2.68. The van der Waals surface area contributed by atoms with Crippen LogP contribution in [-0.2, 0) is 0 Å². The second-order valence-corrected chi connectivity index (χ2v) is 5.15. The van der Waals surface area contributed by atoms with E-state index in [0.717, 1.165) is 22.6 Å². The molecule has 0 saturated heterocycles. The van der Waals surface area contributed by atoms with Gasteiger partial charge in [-0.05, 0) is 49.4 Å². The van der Waals surface area contributed by atoms with Gasteiger partial charge in [0, 0.05) is 11.3 Å². The van der Waals surface area contributed by atoms with E-state index >= 15 is 0 Å². The maximum absolute atomic E-state index is 6.16. The third-order valence-corrected chi connectivity index (χ3v) is 3.68. The molecule has 2 aromatic rings. The highest BCUT2D eigenvalue weighted by Gasteiger charge is 2.18. The predicted molar refractivity (Wildman–Crippen MR) is 79.2 cm³/mol. The minimum atomic E-state index is 0.367. The molecular formula is C17H19NO. The molecule has 0 atom stereocenters. The van der Waals surface area contributed by atoms with Crippen molar-refractivity contribution in [2.45, 2.75) is 31.8 Å². The summed E-state index contributed by atoms with van der Waals surface area (Å²) in [7, 11) is 0. The van der Waals surface area contributed by atoms with E-state index in [4.69, 9.17) is 10.5 Å². The first-order valence-electron chi connectivity index (χ1n) is 6.94. The highest BCUT2D eigenvalue weighted by atomic mass is 16.5. The van der Waals surface area contributed by atoms with Crippen molar-refractivity contribution >= 4 is 5.69 Å². The summed E-state index contributed by atoms with van der Waals surface area (Å²) in [4.78, 5) is 0. The zero-order chi connectivity index (χ0) is 13.1. The van der Waals surface area contributed by atoms with E-state index < -0.39 is 0 Å². The average Bonchev–Trinajstić information content (AvgIpc) is 2.95. The number of nitrogens with two attached hydrogens (primary N) is 1. The maximum Gasteiger partial charge on any atom is 0.127 e. The van der Waals surface area contributed by atoms with Gasteiger partial charge in [0.2, 0.25) is 0 Å². The van der Waals surface area contributed by atoms with Gasteiger partial charge in [0.1, 0.15) is 5.75 Å². The molecule has 2 nitrogen and oxygen atoms in total. The Hall–Kier alpha value is -1.96. The fourth-order valence-electron chi connectivity index (χ4n) is 2.68. The Kier molecular flexibility index (Phi) is 3.41. The second kappa shape index (κ2) is 5.35. The van der Waals surface area contributed by atoms with E-state index in [9.17, 15) is 0 Å². The van der Waals surface area contributed by atoms with Crippen LogP contribution in [0.15, 0.2) is 48.5 Å². The van der Waals surface area contributed by atoms with E-state index in [0.29, 0.717) is 6.10 Å². The number of ether oxygens (including phenoxy) is 1. The highest BCUT2D eigenvalue weighted by Crippen LogP contribution is 2.34. The summed E-state index contributed by atoms with van der Waals surface area (Å²) < 4.78 is 6.16. The minimum Gasteiger partial charge on any atom is -0.490 e. The first-order valence-corrected chi connectivity index (χ1v) is 6.94. The van der Waals surface area contributed by atoms with Crippen LogP contribution in [-0.4, -0.2) is 6.10 Å². The fraction of sp³-hybridized carbons (Fsp3) is 0.294. The molecule has 19 heavy (non-hydrogen) atoms. The molecular weight excluding hydrogens is 234 g/mol. The second-order valence-electron chi connectivity index (χ2n) is 5.15. The Morgan fingerprint density at radius 2 is 1.68 bits per heavy atom. The van der Waals surface area contributed by atoms with Gasteiger partial charge in [0.05, 0.1) is 6.10 Å². The van der Waals surface area contributed by atoms with Crippen molar-refractivity contribution in [3.63, 3.8) is 0 Å². The van der Waals surface area contributed by atoms with Crippen molar-refractivity contribution in [1.82, 2.24) is 0 Å². The van der Waals surface area contributed by atoms with Crippen LogP contribution in [0.1, 0.15) is 25.7 Å². The van der Waals surface area contributed by atoms with Gasteiger partial charge >= 0.3 is 0 Å². The summed E-state index contributed by atoms with van der Waals surface area (Å²) in [5.74, 6) is 0.951. The zero-order valence-corrected chi connectivity index (χ0v) is 11.0. The van der Waals surface area contributed by atoms with Gasteiger partial charge < -0.3 is 10.5 Å². The van der Waals surface area contributed by atoms with E-state index in [2.05, 4.69) is 12.1 Å². The summed E-state index contributed by atoms with van der Waals surface area (Å²) in [6.07, 6.45) is 5.25. The molecule has 0 unspecified atom stereocenters. The molecule has 98 valence electrons. The minimum absolute atomic E-state index is 0.367. The van der Waals surface area contributed by atoms with E-state index in [1.807, 2.05) is 36.4 Å². The molecule has 0 aliphatic heterocycles. The molecule has 1 aliphatic rings. The van der Waals surface area contributed by atoms with Gasteiger partial charge in [-0.15, -0.1) is 0 Å². The molecule has 1 saturated carbocycles. The Balaban J connectivity index is 1.94. The number of nitrogen functional groups attached to an aromatic ring is 1. The first kappa shape index (κ1) is 12.1. The van der Waals surface area contributed by atoms with Crippen LogP contribution in [0.5, 0.6) is 5.75 Å². The number of hydrogen-bond donors (Lipinski definition) is 1. The van der Waals surface area contributed by atoms with Gasteiger partial charge in [0.25, 0.3) is 0 Å². The van der Waals surface area contributed by atoms with E-state index in [1.54, 1.807) is 0 Å². The van der Waals surface area contributed by atoms with Crippen molar-refractivity contribution in [3.05, 3.63) is 48.5 Å². The molecule has 2 aromatic carbocycles. The predicted octanol–water partition coefficient (Wildman–Crippen LogP) is 4.26. The SMILES string of the molecule is Nc1ccc(OC2CCCC2)c(-c2ccccc2)c1. The number of hydrogen-bond acceptors (Lipinski definition) is 2. The van der Waals surface area contributed by atoms with Crippen LogP contribution in [0.4, 0.5) is 5.69 Å². The van der Waals surface area contributed by atoms with Gasteiger partial charge in [-0.2, -0.15) is 0 Å². The molecule has 3 rings (SSSR count). The molecule has 0 heterocycles. The topological polar surface area (TPSA) is 35.2 Å². The number of anilines is 1.